The van der Waals surface area contributed by atoms with E-state index in [1.165, 1.54) is 29.1 Å². The summed E-state index contributed by atoms with van der Waals surface area (Å²) >= 11 is 1.81. The molecule has 1 fully saturated rings. The summed E-state index contributed by atoms with van der Waals surface area (Å²) in [6, 6.07) is 1.05. The van der Waals surface area contributed by atoms with Gasteiger partial charge in [-0.2, -0.15) is 0 Å². The summed E-state index contributed by atoms with van der Waals surface area (Å²) in [5.41, 5.74) is 0. The third-order valence-corrected chi connectivity index (χ3v) is 5.09. The van der Waals surface area contributed by atoms with E-state index in [1.807, 2.05) is 17.5 Å². The molecule has 0 radical (unpaired) electrons. The minimum atomic E-state index is 0.390. The fourth-order valence-corrected chi connectivity index (χ4v) is 3.73. The van der Waals surface area contributed by atoms with Crippen LogP contribution in [0.25, 0.3) is 0 Å². The summed E-state index contributed by atoms with van der Waals surface area (Å²) in [6.45, 7) is 9.13. The smallest absolute Gasteiger partial charge is 0.109 e. The lowest BCUT2D eigenvalue weighted by Crippen LogP contribution is -2.43. The molecule has 0 aromatic carbocycles. The molecule has 1 heterocycles. The van der Waals surface area contributed by atoms with E-state index in [2.05, 4.69) is 38.0 Å². The van der Waals surface area contributed by atoms with Crippen LogP contribution in [0.4, 0.5) is 0 Å². The van der Waals surface area contributed by atoms with Gasteiger partial charge >= 0.3 is 0 Å². The minimum absolute atomic E-state index is 0.390. The van der Waals surface area contributed by atoms with Gasteiger partial charge in [-0.05, 0) is 38.5 Å². The molecular formula is C14H24N2S. The molecule has 0 amide bonds. The zero-order valence-corrected chi connectivity index (χ0v) is 12.2. The first-order valence-corrected chi connectivity index (χ1v) is 7.58. The van der Waals surface area contributed by atoms with Gasteiger partial charge < -0.3 is 5.32 Å². The Kier molecular flexibility index (Phi) is 4.21. The Morgan fingerprint density at radius 2 is 2.00 bits per heavy atom. The van der Waals surface area contributed by atoms with Crippen LogP contribution in [0.5, 0.6) is 0 Å². The lowest BCUT2D eigenvalue weighted by atomic mass is 9.78. The summed E-state index contributed by atoms with van der Waals surface area (Å²) in [5, 5.41) is 5.03. The van der Waals surface area contributed by atoms with Crippen LogP contribution in [0.15, 0.2) is 6.20 Å². The normalized spacial score (nSPS) is 31.4. The van der Waals surface area contributed by atoms with Crippen LogP contribution in [0.3, 0.4) is 0 Å². The molecular weight excluding hydrogens is 228 g/mol. The highest BCUT2D eigenvalue weighted by Crippen LogP contribution is 2.31. The largest absolute Gasteiger partial charge is 0.305 e. The van der Waals surface area contributed by atoms with Crippen molar-refractivity contribution in [3.8, 4) is 0 Å². The van der Waals surface area contributed by atoms with Gasteiger partial charge in [0.05, 0.1) is 6.04 Å². The first-order chi connectivity index (χ1) is 8.08. The Hall–Kier alpha value is -0.410. The van der Waals surface area contributed by atoms with Crippen molar-refractivity contribution >= 4 is 11.3 Å². The van der Waals surface area contributed by atoms with Crippen molar-refractivity contribution in [2.24, 2.45) is 11.8 Å². The van der Waals surface area contributed by atoms with Crippen LogP contribution >= 0.6 is 11.3 Å². The summed E-state index contributed by atoms with van der Waals surface area (Å²) < 4.78 is 0. The van der Waals surface area contributed by atoms with Gasteiger partial charge in [-0.25, -0.2) is 4.98 Å². The fraction of sp³-hybridized carbons (Fsp3) is 0.786. The molecule has 1 aromatic heterocycles. The molecule has 17 heavy (non-hydrogen) atoms. The molecule has 0 saturated heterocycles. The van der Waals surface area contributed by atoms with E-state index in [4.69, 9.17) is 0 Å². The third kappa shape index (κ3) is 3.08. The minimum Gasteiger partial charge on any atom is -0.305 e. The summed E-state index contributed by atoms with van der Waals surface area (Å²) in [6.07, 6.45) is 6.11. The molecule has 2 rings (SSSR count). The molecule has 1 N–H and O–H groups in total. The Balaban J connectivity index is 1.99. The average Bonchev–Trinajstić information content (AvgIpc) is 2.70. The van der Waals surface area contributed by atoms with E-state index in [1.54, 1.807) is 0 Å². The van der Waals surface area contributed by atoms with E-state index < -0.39 is 0 Å². The molecule has 0 spiro atoms. The first-order valence-electron chi connectivity index (χ1n) is 6.76. The maximum atomic E-state index is 4.49. The third-order valence-electron chi connectivity index (χ3n) is 4.00. The second-order valence-corrected chi connectivity index (χ2v) is 6.88. The van der Waals surface area contributed by atoms with Crippen molar-refractivity contribution in [3.05, 3.63) is 16.1 Å². The maximum Gasteiger partial charge on any atom is 0.109 e. The molecule has 1 aliphatic carbocycles. The van der Waals surface area contributed by atoms with E-state index >= 15 is 0 Å². The number of aromatic nitrogens is 1. The topological polar surface area (TPSA) is 24.9 Å². The Labute approximate surface area is 109 Å². The Morgan fingerprint density at radius 1 is 1.35 bits per heavy atom. The highest BCUT2D eigenvalue weighted by Gasteiger charge is 2.29. The van der Waals surface area contributed by atoms with E-state index in [0.29, 0.717) is 12.1 Å². The standard InChI is InChI=1S/C14H24N2S/c1-9-6-5-7-10(2)13(9)16-12(4)14-15-8-11(3)17-14/h8-10,12-13,16H,5-7H2,1-4H3. The molecule has 2 nitrogen and oxygen atoms in total. The second kappa shape index (κ2) is 5.49. The van der Waals surface area contributed by atoms with Gasteiger partial charge in [-0.1, -0.05) is 20.3 Å². The molecule has 3 unspecified atom stereocenters. The van der Waals surface area contributed by atoms with Crippen LogP contribution < -0.4 is 5.32 Å². The molecule has 0 bridgehead atoms. The van der Waals surface area contributed by atoms with Crippen molar-refractivity contribution in [2.75, 3.05) is 0 Å². The van der Waals surface area contributed by atoms with Gasteiger partial charge in [0.2, 0.25) is 0 Å². The van der Waals surface area contributed by atoms with Crippen LogP contribution in [0.1, 0.15) is 56.0 Å². The molecule has 3 atom stereocenters. The van der Waals surface area contributed by atoms with Crippen LogP contribution in [-0.4, -0.2) is 11.0 Å². The van der Waals surface area contributed by atoms with Crippen molar-refractivity contribution in [3.63, 3.8) is 0 Å². The van der Waals surface area contributed by atoms with Gasteiger partial charge in [0, 0.05) is 17.1 Å². The lowest BCUT2D eigenvalue weighted by molar-refractivity contribution is 0.196. The monoisotopic (exact) mass is 252 g/mol. The van der Waals surface area contributed by atoms with Gasteiger partial charge in [0.25, 0.3) is 0 Å². The van der Waals surface area contributed by atoms with Gasteiger partial charge in [-0.15, -0.1) is 11.3 Å². The number of nitrogens with one attached hydrogen (secondary N) is 1. The number of thiazole rings is 1. The SMILES string of the molecule is Cc1cnc(C(C)NC2C(C)CCCC2C)s1. The van der Waals surface area contributed by atoms with Crippen LogP contribution in [0, 0.1) is 18.8 Å². The zero-order chi connectivity index (χ0) is 12.4. The predicted octanol–water partition coefficient (Wildman–Crippen LogP) is 3.93. The highest BCUT2D eigenvalue weighted by atomic mass is 32.1. The van der Waals surface area contributed by atoms with Crippen molar-refractivity contribution in [1.82, 2.24) is 10.3 Å². The molecule has 1 aliphatic rings. The molecule has 1 saturated carbocycles. The van der Waals surface area contributed by atoms with Gasteiger partial charge in [0.15, 0.2) is 0 Å². The maximum absolute atomic E-state index is 4.49. The van der Waals surface area contributed by atoms with Crippen molar-refractivity contribution in [2.45, 2.75) is 59.0 Å². The van der Waals surface area contributed by atoms with E-state index in [-0.39, 0.29) is 0 Å². The van der Waals surface area contributed by atoms with Crippen molar-refractivity contribution < 1.29 is 0 Å². The summed E-state index contributed by atoms with van der Waals surface area (Å²) in [4.78, 5) is 5.79. The van der Waals surface area contributed by atoms with Crippen LogP contribution in [-0.2, 0) is 0 Å². The first kappa shape index (κ1) is 13.0. The van der Waals surface area contributed by atoms with Crippen molar-refractivity contribution in [1.29, 1.82) is 0 Å². The van der Waals surface area contributed by atoms with Crippen LogP contribution in [0.2, 0.25) is 0 Å². The predicted molar refractivity (Wildman–Crippen MR) is 74.4 cm³/mol. The number of nitrogens with zero attached hydrogens (tertiary/aromatic N) is 1. The highest BCUT2D eigenvalue weighted by molar-refractivity contribution is 7.11. The quantitative estimate of drug-likeness (QED) is 0.881. The van der Waals surface area contributed by atoms with Gasteiger partial charge in [0.1, 0.15) is 5.01 Å². The summed E-state index contributed by atoms with van der Waals surface area (Å²) in [5.74, 6) is 1.59. The molecule has 3 heteroatoms. The molecule has 1 aromatic rings. The van der Waals surface area contributed by atoms with E-state index in [9.17, 15) is 0 Å². The Bertz CT molecular complexity index is 351. The average molecular weight is 252 g/mol. The molecule has 0 aliphatic heterocycles. The Morgan fingerprint density at radius 3 is 2.53 bits per heavy atom. The number of aryl methyl sites for hydroxylation is 1. The molecule has 96 valence electrons. The van der Waals surface area contributed by atoms with E-state index in [0.717, 1.165) is 11.8 Å². The number of rotatable bonds is 3. The number of hydrogen-bond donors (Lipinski definition) is 1. The zero-order valence-electron chi connectivity index (χ0n) is 11.4. The fourth-order valence-electron chi connectivity index (χ4n) is 2.94. The summed E-state index contributed by atoms with van der Waals surface area (Å²) in [7, 11) is 0. The number of hydrogen-bond acceptors (Lipinski definition) is 3. The lowest BCUT2D eigenvalue weighted by Gasteiger charge is -2.36. The second-order valence-electron chi connectivity index (χ2n) is 5.61. The van der Waals surface area contributed by atoms with Gasteiger partial charge in [-0.3, -0.25) is 0 Å².